The van der Waals surface area contributed by atoms with E-state index in [9.17, 15) is 0 Å². The highest BCUT2D eigenvalue weighted by molar-refractivity contribution is 6.31. The van der Waals surface area contributed by atoms with E-state index in [-0.39, 0.29) is 10.8 Å². The van der Waals surface area contributed by atoms with Gasteiger partial charge in [0.25, 0.3) is 0 Å². The van der Waals surface area contributed by atoms with Crippen molar-refractivity contribution >= 4 is 64.6 Å². The summed E-state index contributed by atoms with van der Waals surface area (Å²) in [6.07, 6.45) is 0. The second kappa shape index (κ2) is 13.8. The second-order valence-corrected chi connectivity index (χ2v) is 21.3. The van der Waals surface area contributed by atoms with Gasteiger partial charge in [-0.3, -0.25) is 0 Å². The summed E-state index contributed by atoms with van der Waals surface area (Å²) in [5, 5.41) is 16.2. The fourth-order valence-electron chi connectivity index (χ4n) is 15.5. The summed E-state index contributed by atoms with van der Waals surface area (Å²) in [6.45, 7) is 0. The molecule has 0 heteroatoms. The van der Waals surface area contributed by atoms with E-state index in [1.807, 2.05) is 0 Å². The van der Waals surface area contributed by atoms with Crippen molar-refractivity contribution in [3.63, 3.8) is 0 Å². The van der Waals surface area contributed by atoms with Gasteiger partial charge in [-0.05, 0) is 183 Å². The fourth-order valence-corrected chi connectivity index (χ4v) is 15.5. The van der Waals surface area contributed by atoms with Crippen molar-refractivity contribution in [3.8, 4) is 55.6 Å². The SMILES string of the molecule is c1cc(-c2ccc(-c3ccc4c(c3)-c3ccccc3C43c4cccc5c6ccccc6c6cccc3c6c45)cc2)cc(-c2ccc3c(c2)c2cccc4c2c2c(cccc32)C42c3ccccc3-c3ccccc32)c1. The smallest absolute Gasteiger partial charge is 0.0619 e. The Kier molecular flexibility index (Phi) is 7.31. The van der Waals surface area contributed by atoms with E-state index in [1.165, 1.54) is 165 Å². The second-order valence-electron chi connectivity index (χ2n) is 21.3. The molecule has 0 N–H and O–H groups in total. The highest BCUT2D eigenvalue weighted by atomic mass is 14.5. The molecule has 338 valence electrons. The third-order valence-corrected chi connectivity index (χ3v) is 18.2. The fraction of sp³-hybridized carbons (Fsp3) is 0.0270. The molecular formula is C74H42. The quantitative estimate of drug-likeness (QED) is 0.155. The van der Waals surface area contributed by atoms with Gasteiger partial charge in [0.15, 0.2) is 0 Å². The molecule has 14 aromatic carbocycles. The molecule has 0 saturated carbocycles. The van der Waals surface area contributed by atoms with Crippen LogP contribution in [-0.2, 0) is 10.8 Å². The molecule has 4 aliphatic rings. The number of hydrogen-bond donors (Lipinski definition) is 0. The first-order valence-corrected chi connectivity index (χ1v) is 26.2. The molecule has 0 bridgehead atoms. The number of benzene rings is 14. The van der Waals surface area contributed by atoms with Crippen LogP contribution >= 0.6 is 0 Å². The number of rotatable bonds is 3. The Labute approximate surface area is 428 Å². The van der Waals surface area contributed by atoms with Gasteiger partial charge < -0.3 is 0 Å². The molecule has 4 aliphatic carbocycles. The van der Waals surface area contributed by atoms with Crippen LogP contribution in [0, 0.1) is 0 Å². The zero-order chi connectivity index (χ0) is 48.0. The first kappa shape index (κ1) is 39.3. The van der Waals surface area contributed by atoms with Gasteiger partial charge >= 0.3 is 0 Å². The summed E-state index contributed by atoms with van der Waals surface area (Å²) in [5.74, 6) is 0. The zero-order valence-corrected chi connectivity index (χ0v) is 40.2. The standard InChI is InChI=1S/C74H42/c1-2-17-50-49(16-1)55-21-10-29-66-69(55)70-56(50)22-11-30-67(70)74(66)63-27-8-5-20-54(63)60-42-47(37-39-64(60)74)44-34-32-43(33-35-44)45-14-9-15-46(40-45)48-36-38-51-57-23-12-28-65-71(57)72-58(59(51)41-48)24-13-31-68(72)73(65)61-25-6-3-18-52(61)53-19-4-7-26-62(53)73/h1-42H. The van der Waals surface area contributed by atoms with Crippen LogP contribution in [0.1, 0.15) is 44.5 Å². The van der Waals surface area contributed by atoms with E-state index < -0.39 is 0 Å². The third-order valence-electron chi connectivity index (χ3n) is 18.2. The van der Waals surface area contributed by atoms with Gasteiger partial charge in [0.05, 0.1) is 10.8 Å². The van der Waals surface area contributed by atoms with Crippen molar-refractivity contribution in [3.05, 3.63) is 299 Å². The molecule has 14 aromatic rings. The molecule has 0 aromatic heterocycles. The van der Waals surface area contributed by atoms with Crippen LogP contribution in [0.5, 0.6) is 0 Å². The van der Waals surface area contributed by atoms with Crippen molar-refractivity contribution < 1.29 is 0 Å². The van der Waals surface area contributed by atoms with Crippen LogP contribution in [0.2, 0.25) is 0 Å². The minimum Gasteiger partial charge on any atom is -0.0619 e. The minimum atomic E-state index is -0.386. The molecule has 18 rings (SSSR count). The summed E-state index contributed by atoms with van der Waals surface area (Å²) < 4.78 is 0. The van der Waals surface area contributed by atoms with E-state index in [4.69, 9.17) is 0 Å². The molecule has 0 saturated heterocycles. The Hall–Kier alpha value is -9.36. The van der Waals surface area contributed by atoms with Crippen molar-refractivity contribution in [2.45, 2.75) is 10.8 Å². The average molecular weight is 931 g/mol. The Morgan fingerprint density at radius 3 is 0.973 bits per heavy atom. The molecule has 74 heavy (non-hydrogen) atoms. The van der Waals surface area contributed by atoms with Gasteiger partial charge in [-0.2, -0.15) is 0 Å². The van der Waals surface area contributed by atoms with Gasteiger partial charge in [0.1, 0.15) is 0 Å². The maximum atomic E-state index is 2.46. The maximum Gasteiger partial charge on any atom is 0.0725 e. The van der Waals surface area contributed by atoms with Crippen LogP contribution in [-0.4, -0.2) is 0 Å². The summed E-state index contributed by atoms with van der Waals surface area (Å²) in [4.78, 5) is 0. The Morgan fingerprint density at radius 2 is 0.473 bits per heavy atom. The summed E-state index contributed by atoms with van der Waals surface area (Å²) >= 11 is 0. The lowest BCUT2D eigenvalue weighted by Crippen LogP contribution is -2.26. The first-order valence-electron chi connectivity index (χ1n) is 26.2. The van der Waals surface area contributed by atoms with Crippen LogP contribution in [0.15, 0.2) is 255 Å². The predicted octanol–water partition coefficient (Wildman–Crippen LogP) is 19.0. The lowest BCUT2D eigenvalue weighted by atomic mass is 9.70. The molecule has 2 spiro atoms. The van der Waals surface area contributed by atoms with Gasteiger partial charge in [-0.1, -0.05) is 237 Å². The van der Waals surface area contributed by atoms with E-state index in [0.717, 1.165) is 0 Å². The van der Waals surface area contributed by atoms with E-state index in [2.05, 4.69) is 255 Å². The molecule has 0 heterocycles. The Balaban J connectivity index is 0.732. The molecule has 0 nitrogen and oxygen atoms in total. The van der Waals surface area contributed by atoms with Gasteiger partial charge in [0, 0.05) is 0 Å². The number of fused-ring (bicyclic) bond motifs is 20. The summed E-state index contributed by atoms with van der Waals surface area (Å²) in [7, 11) is 0. The molecule has 0 radical (unpaired) electrons. The zero-order valence-electron chi connectivity index (χ0n) is 40.2. The average Bonchev–Trinajstić information content (AvgIpc) is 4.17. The molecule has 0 amide bonds. The van der Waals surface area contributed by atoms with Crippen LogP contribution in [0.4, 0.5) is 0 Å². The summed E-state index contributed by atoms with van der Waals surface area (Å²) in [5.41, 5.74) is 23.0. The molecule has 0 aliphatic heterocycles. The van der Waals surface area contributed by atoms with Gasteiger partial charge in [-0.25, -0.2) is 0 Å². The van der Waals surface area contributed by atoms with Crippen molar-refractivity contribution in [1.29, 1.82) is 0 Å². The van der Waals surface area contributed by atoms with E-state index in [1.54, 1.807) is 0 Å². The molecule has 0 fully saturated rings. The van der Waals surface area contributed by atoms with E-state index >= 15 is 0 Å². The van der Waals surface area contributed by atoms with Crippen LogP contribution in [0.25, 0.3) is 120 Å². The predicted molar refractivity (Wildman–Crippen MR) is 310 cm³/mol. The highest BCUT2D eigenvalue weighted by Gasteiger charge is 2.52. The van der Waals surface area contributed by atoms with Gasteiger partial charge in [-0.15, -0.1) is 0 Å². The largest absolute Gasteiger partial charge is 0.0725 e. The highest BCUT2D eigenvalue weighted by Crippen LogP contribution is 2.65. The lowest BCUT2D eigenvalue weighted by Gasteiger charge is -2.30. The monoisotopic (exact) mass is 930 g/mol. The topological polar surface area (TPSA) is 0 Å². The number of hydrogen-bond acceptors (Lipinski definition) is 0. The van der Waals surface area contributed by atoms with Crippen molar-refractivity contribution in [2.24, 2.45) is 0 Å². The molecular weight excluding hydrogens is 889 g/mol. The lowest BCUT2D eigenvalue weighted by molar-refractivity contribution is 0.797. The van der Waals surface area contributed by atoms with Crippen LogP contribution in [0.3, 0.4) is 0 Å². The first-order chi connectivity index (χ1) is 36.7. The molecule has 0 atom stereocenters. The van der Waals surface area contributed by atoms with Crippen molar-refractivity contribution in [1.82, 2.24) is 0 Å². The van der Waals surface area contributed by atoms with Crippen LogP contribution < -0.4 is 0 Å². The van der Waals surface area contributed by atoms with E-state index in [0.29, 0.717) is 0 Å². The molecule has 0 unspecified atom stereocenters. The maximum absolute atomic E-state index is 2.46. The summed E-state index contributed by atoms with van der Waals surface area (Å²) in [6, 6.07) is 97.3. The third kappa shape index (κ3) is 4.55. The van der Waals surface area contributed by atoms with Gasteiger partial charge in [0.2, 0.25) is 0 Å². The normalized spacial score (nSPS) is 14.4. The van der Waals surface area contributed by atoms with Crippen molar-refractivity contribution in [2.75, 3.05) is 0 Å². The minimum absolute atomic E-state index is 0.350. The Morgan fingerprint density at radius 1 is 0.162 bits per heavy atom. The Bertz CT molecular complexity index is 4760.